The Balaban J connectivity index is 1.93. The number of hydrogen-bond acceptors (Lipinski definition) is 0. The summed E-state index contributed by atoms with van der Waals surface area (Å²) in [5.74, 6) is -13.8. The van der Waals surface area contributed by atoms with Crippen LogP contribution in [0.3, 0.4) is 0 Å². The Morgan fingerprint density at radius 1 is 0.312 bits per heavy atom. The van der Waals surface area contributed by atoms with Crippen LogP contribution in [0.4, 0.5) is 43.9 Å². The molecule has 0 nitrogen and oxygen atoms in total. The monoisotopic (exact) mass is 458 g/mol. The van der Waals surface area contributed by atoms with Crippen LogP contribution in [0.2, 0.25) is 0 Å². The molecule has 10 heteroatoms. The van der Waals surface area contributed by atoms with Crippen LogP contribution in [0.5, 0.6) is 0 Å². The van der Waals surface area contributed by atoms with Crippen LogP contribution in [0.1, 0.15) is 22.3 Å². The standard InChI is InChI=1S/C22H4F10/c23-13-11(14(24)18(28)21(31)17(13)27)7-5-9-1-2-10(4-3-9)6-8-12-15(25)19(29)22(32)20(30)16(12)26/h1-4H. The fraction of sp³-hybridized carbons (Fsp3) is 0. The van der Waals surface area contributed by atoms with Crippen LogP contribution in [0, 0.1) is 81.9 Å². The van der Waals surface area contributed by atoms with Gasteiger partial charge in [0.05, 0.1) is 0 Å². The lowest BCUT2D eigenvalue weighted by Crippen LogP contribution is -2.04. The molecular weight excluding hydrogens is 454 g/mol. The summed E-state index contributed by atoms with van der Waals surface area (Å²) in [5.41, 5.74) is -2.65. The van der Waals surface area contributed by atoms with Gasteiger partial charge in [-0.05, 0) is 24.3 Å². The largest absolute Gasteiger partial charge is 0.202 e. The fourth-order valence-corrected chi connectivity index (χ4v) is 2.34. The summed E-state index contributed by atoms with van der Waals surface area (Å²) in [6.07, 6.45) is 0. The van der Waals surface area contributed by atoms with Crippen molar-refractivity contribution in [2.75, 3.05) is 0 Å². The van der Waals surface area contributed by atoms with E-state index >= 15 is 0 Å². The Morgan fingerprint density at radius 3 is 0.781 bits per heavy atom. The molecule has 0 radical (unpaired) electrons. The lowest BCUT2D eigenvalue weighted by atomic mass is 10.1. The average molecular weight is 458 g/mol. The number of halogens is 10. The van der Waals surface area contributed by atoms with Gasteiger partial charge in [0.15, 0.2) is 46.5 Å². The van der Waals surface area contributed by atoms with Gasteiger partial charge in [-0.1, -0.05) is 23.7 Å². The number of rotatable bonds is 0. The fourth-order valence-electron chi connectivity index (χ4n) is 2.34. The summed E-state index contributed by atoms with van der Waals surface area (Å²) in [4.78, 5) is 0. The van der Waals surface area contributed by atoms with Gasteiger partial charge in [0.25, 0.3) is 0 Å². The van der Waals surface area contributed by atoms with Gasteiger partial charge < -0.3 is 0 Å². The van der Waals surface area contributed by atoms with Crippen LogP contribution in [0.15, 0.2) is 24.3 Å². The van der Waals surface area contributed by atoms with Gasteiger partial charge >= 0.3 is 0 Å². The van der Waals surface area contributed by atoms with Gasteiger partial charge in [0, 0.05) is 11.1 Å². The lowest BCUT2D eigenvalue weighted by molar-refractivity contribution is 0.376. The number of benzene rings is 3. The quantitative estimate of drug-likeness (QED) is 0.171. The molecule has 0 unspecified atom stereocenters. The highest BCUT2D eigenvalue weighted by atomic mass is 19.2. The lowest BCUT2D eigenvalue weighted by Gasteiger charge is -2.02. The zero-order valence-corrected chi connectivity index (χ0v) is 15.1. The van der Waals surface area contributed by atoms with E-state index in [0.29, 0.717) is 0 Å². The third-order valence-corrected chi connectivity index (χ3v) is 3.97. The molecule has 0 bridgehead atoms. The van der Waals surface area contributed by atoms with Crippen LogP contribution < -0.4 is 0 Å². The van der Waals surface area contributed by atoms with E-state index in [1.807, 2.05) is 11.8 Å². The first-order chi connectivity index (χ1) is 15.0. The van der Waals surface area contributed by atoms with Crippen molar-refractivity contribution in [1.82, 2.24) is 0 Å². The molecule has 0 aromatic heterocycles. The predicted octanol–water partition coefficient (Wildman–Crippen LogP) is 5.88. The zero-order chi connectivity index (χ0) is 23.7. The minimum atomic E-state index is -2.33. The summed E-state index contributed by atoms with van der Waals surface area (Å²) >= 11 is 0. The highest BCUT2D eigenvalue weighted by molar-refractivity contribution is 5.49. The van der Waals surface area contributed by atoms with Gasteiger partial charge in [0.2, 0.25) is 11.6 Å². The van der Waals surface area contributed by atoms with Crippen molar-refractivity contribution in [2.45, 2.75) is 0 Å². The molecular formula is C22H4F10. The minimum Gasteiger partial charge on any atom is -0.202 e. The molecule has 0 N–H and O–H groups in total. The Bertz CT molecular complexity index is 1200. The maximum Gasteiger partial charge on any atom is 0.200 e. The third kappa shape index (κ3) is 4.00. The second-order valence-corrected chi connectivity index (χ2v) is 5.97. The van der Waals surface area contributed by atoms with E-state index in [2.05, 4.69) is 11.8 Å². The first-order valence-corrected chi connectivity index (χ1v) is 8.21. The minimum absolute atomic E-state index is 0.0238. The van der Waals surface area contributed by atoms with Crippen molar-refractivity contribution in [3.63, 3.8) is 0 Å². The van der Waals surface area contributed by atoms with E-state index in [9.17, 15) is 43.9 Å². The van der Waals surface area contributed by atoms with E-state index in [1.165, 1.54) is 24.3 Å². The Labute approximate surface area is 173 Å². The van der Waals surface area contributed by atoms with Gasteiger partial charge in [-0.2, -0.15) is 0 Å². The second-order valence-electron chi connectivity index (χ2n) is 5.97. The van der Waals surface area contributed by atoms with Gasteiger partial charge in [-0.15, -0.1) is 0 Å². The number of hydrogen-bond donors (Lipinski definition) is 0. The van der Waals surface area contributed by atoms with E-state index in [4.69, 9.17) is 0 Å². The molecule has 3 aromatic rings. The van der Waals surface area contributed by atoms with Gasteiger partial charge in [-0.3, -0.25) is 0 Å². The Kier molecular flexibility index (Phi) is 6.17. The molecule has 162 valence electrons. The Hall–Kier alpha value is -3.92. The maximum atomic E-state index is 13.6. The first-order valence-electron chi connectivity index (χ1n) is 8.21. The summed E-state index contributed by atoms with van der Waals surface area (Å²) < 4.78 is 133. The molecule has 3 aromatic carbocycles. The van der Waals surface area contributed by atoms with Crippen molar-refractivity contribution in [1.29, 1.82) is 0 Å². The third-order valence-electron chi connectivity index (χ3n) is 3.97. The maximum absolute atomic E-state index is 13.6. The van der Waals surface area contributed by atoms with Gasteiger partial charge in [-0.25, -0.2) is 43.9 Å². The van der Waals surface area contributed by atoms with E-state index in [0.717, 1.165) is 0 Å². The normalized spacial score (nSPS) is 10.3. The van der Waals surface area contributed by atoms with Crippen LogP contribution in [-0.2, 0) is 0 Å². The van der Waals surface area contributed by atoms with Gasteiger partial charge in [0.1, 0.15) is 11.1 Å². The summed E-state index contributed by atoms with van der Waals surface area (Å²) in [6, 6.07) is 4.67. The second kappa shape index (κ2) is 8.67. The van der Waals surface area contributed by atoms with Crippen molar-refractivity contribution < 1.29 is 43.9 Å². The highest BCUT2D eigenvalue weighted by Gasteiger charge is 2.25. The molecule has 0 spiro atoms. The van der Waals surface area contributed by atoms with Crippen molar-refractivity contribution in [3.05, 3.63) is 105 Å². The average Bonchev–Trinajstić information content (AvgIpc) is 2.79. The van der Waals surface area contributed by atoms with Crippen LogP contribution in [-0.4, -0.2) is 0 Å². The molecule has 0 aliphatic carbocycles. The van der Waals surface area contributed by atoms with Crippen molar-refractivity contribution in [3.8, 4) is 23.7 Å². The van der Waals surface area contributed by atoms with Crippen molar-refractivity contribution >= 4 is 0 Å². The molecule has 0 saturated heterocycles. The molecule has 0 heterocycles. The van der Waals surface area contributed by atoms with E-state index in [1.54, 1.807) is 0 Å². The SMILES string of the molecule is Fc1c(F)c(F)c(C#Cc2ccc(C#Cc3c(F)c(F)c(F)c(F)c3F)cc2)c(F)c1F. The molecule has 32 heavy (non-hydrogen) atoms. The molecule has 0 fully saturated rings. The predicted molar refractivity (Wildman–Crippen MR) is 90.9 cm³/mol. The summed E-state index contributed by atoms with van der Waals surface area (Å²) in [5, 5.41) is 0. The zero-order valence-electron chi connectivity index (χ0n) is 15.1. The van der Waals surface area contributed by atoms with Crippen LogP contribution in [0.25, 0.3) is 0 Å². The van der Waals surface area contributed by atoms with Crippen LogP contribution >= 0.6 is 0 Å². The summed E-state index contributed by atoms with van der Waals surface area (Å²) in [6.45, 7) is 0. The molecule has 3 rings (SSSR count). The highest BCUT2D eigenvalue weighted by Crippen LogP contribution is 2.23. The summed E-state index contributed by atoms with van der Waals surface area (Å²) in [7, 11) is 0. The van der Waals surface area contributed by atoms with E-state index in [-0.39, 0.29) is 11.1 Å². The molecule has 0 aliphatic rings. The molecule has 0 atom stereocenters. The first kappa shape index (κ1) is 22.8. The molecule has 0 amide bonds. The Morgan fingerprint density at radius 2 is 0.531 bits per heavy atom. The van der Waals surface area contributed by atoms with E-state index < -0.39 is 69.3 Å². The van der Waals surface area contributed by atoms with Crippen molar-refractivity contribution in [2.24, 2.45) is 0 Å². The topological polar surface area (TPSA) is 0 Å². The molecule has 0 aliphatic heterocycles. The smallest absolute Gasteiger partial charge is 0.200 e. The molecule has 0 saturated carbocycles.